The molecule has 0 aliphatic rings. The van der Waals surface area contributed by atoms with Crippen LogP contribution in [0.5, 0.6) is 0 Å². The van der Waals surface area contributed by atoms with Crippen molar-refractivity contribution in [3.8, 4) is 6.07 Å². The molecule has 0 aliphatic heterocycles. The largest absolute Gasteiger partial charge is 0.322 e. The van der Waals surface area contributed by atoms with E-state index in [0.29, 0.717) is 16.9 Å². The van der Waals surface area contributed by atoms with Crippen LogP contribution in [0.2, 0.25) is 5.02 Å². The number of halogens is 1. The number of sulfonamides is 1. The molecule has 6 nitrogen and oxygen atoms in total. The molecule has 0 heterocycles. The Morgan fingerprint density at radius 2 is 1.84 bits per heavy atom. The van der Waals surface area contributed by atoms with Gasteiger partial charge >= 0.3 is 0 Å². The number of carbonyl (C=O) groups excluding carboxylic acids is 1. The van der Waals surface area contributed by atoms with E-state index in [0.717, 1.165) is 4.31 Å². The maximum Gasteiger partial charge on any atom is 0.264 e. The molecule has 0 aromatic heterocycles. The molecular weight excluding hydrogens is 434 g/mol. The predicted molar refractivity (Wildman–Crippen MR) is 122 cm³/mol. The van der Waals surface area contributed by atoms with Crippen LogP contribution < -0.4 is 9.62 Å². The van der Waals surface area contributed by atoms with Crippen LogP contribution in [0, 0.1) is 11.3 Å². The summed E-state index contributed by atoms with van der Waals surface area (Å²) in [5.41, 5.74) is 1.30. The number of nitrogens with zero attached hydrogens (tertiary/aromatic N) is 2. The Labute approximate surface area is 186 Å². The van der Waals surface area contributed by atoms with Gasteiger partial charge in [-0.15, -0.1) is 6.58 Å². The fraction of sp³-hybridized carbons (Fsp3) is 0.0435. The number of hydrogen-bond acceptors (Lipinski definition) is 4. The van der Waals surface area contributed by atoms with Crippen molar-refractivity contribution < 1.29 is 13.2 Å². The van der Waals surface area contributed by atoms with Gasteiger partial charge in [0, 0.05) is 11.3 Å². The summed E-state index contributed by atoms with van der Waals surface area (Å²) in [6, 6.07) is 20.7. The first-order valence-electron chi connectivity index (χ1n) is 9.16. The van der Waals surface area contributed by atoms with Crippen LogP contribution in [0.1, 0.15) is 15.9 Å². The number of para-hydroxylation sites is 1. The van der Waals surface area contributed by atoms with Crippen molar-refractivity contribution in [1.82, 2.24) is 0 Å². The van der Waals surface area contributed by atoms with Crippen molar-refractivity contribution in [3.63, 3.8) is 0 Å². The number of anilines is 2. The Morgan fingerprint density at radius 3 is 2.55 bits per heavy atom. The van der Waals surface area contributed by atoms with Gasteiger partial charge in [0.05, 0.1) is 33.8 Å². The van der Waals surface area contributed by atoms with E-state index in [2.05, 4.69) is 11.9 Å². The summed E-state index contributed by atoms with van der Waals surface area (Å²) >= 11 is 6.22. The molecule has 0 unspecified atom stereocenters. The Balaban J connectivity index is 1.95. The van der Waals surface area contributed by atoms with Crippen molar-refractivity contribution in [2.75, 3.05) is 16.2 Å². The van der Waals surface area contributed by atoms with Gasteiger partial charge in [0.15, 0.2) is 0 Å². The number of amides is 1. The lowest BCUT2D eigenvalue weighted by Gasteiger charge is -2.24. The Hall–Kier alpha value is -3.60. The zero-order valence-electron chi connectivity index (χ0n) is 16.3. The van der Waals surface area contributed by atoms with E-state index in [-0.39, 0.29) is 22.0 Å². The number of benzene rings is 3. The Kier molecular flexibility index (Phi) is 6.75. The van der Waals surface area contributed by atoms with Crippen LogP contribution >= 0.6 is 11.6 Å². The molecule has 0 atom stereocenters. The molecule has 8 heteroatoms. The smallest absolute Gasteiger partial charge is 0.264 e. The van der Waals surface area contributed by atoms with Crippen LogP contribution in [-0.2, 0) is 10.0 Å². The van der Waals surface area contributed by atoms with Crippen molar-refractivity contribution in [3.05, 3.63) is 102 Å². The molecule has 0 saturated heterocycles. The van der Waals surface area contributed by atoms with E-state index in [9.17, 15) is 13.2 Å². The van der Waals surface area contributed by atoms with Gasteiger partial charge in [0.25, 0.3) is 15.9 Å². The molecule has 3 rings (SSSR count). The van der Waals surface area contributed by atoms with Gasteiger partial charge in [-0.3, -0.25) is 9.10 Å². The minimum Gasteiger partial charge on any atom is -0.322 e. The second kappa shape index (κ2) is 9.47. The van der Waals surface area contributed by atoms with Crippen LogP contribution in [0.25, 0.3) is 0 Å². The molecule has 1 N–H and O–H groups in total. The molecule has 0 fully saturated rings. The van der Waals surface area contributed by atoms with Crippen LogP contribution in [0.4, 0.5) is 11.4 Å². The maximum atomic E-state index is 13.3. The summed E-state index contributed by atoms with van der Waals surface area (Å²) in [4.78, 5) is 12.6. The first-order chi connectivity index (χ1) is 14.9. The lowest BCUT2D eigenvalue weighted by molar-refractivity contribution is 0.102. The van der Waals surface area contributed by atoms with Crippen LogP contribution in [0.3, 0.4) is 0 Å². The first kappa shape index (κ1) is 22.1. The molecule has 0 saturated carbocycles. The van der Waals surface area contributed by atoms with Gasteiger partial charge in [-0.1, -0.05) is 41.9 Å². The second-order valence-electron chi connectivity index (χ2n) is 6.45. The van der Waals surface area contributed by atoms with E-state index >= 15 is 0 Å². The number of nitrogens with one attached hydrogen (secondary N) is 1. The molecule has 31 heavy (non-hydrogen) atoms. The van der Waals surface area contributed by atoms with Crippen LogP contribution in [-0.4, -0.2) is 20.9 Å². The summed E-state index contributed by atoms with van der Waals surface area (Å²) in [6.07, 6.45) is 1.46. The Morgan fingerprint density at radius 1 is 1.10 bits per heavy atom. The second-order valence-corrected chi connectivity index (χ2v) is 8.72. The van der Waals surface area contributed by atoms with Gasteiger partial charge in [0.2, 0.25) is 0 Å². The first-order valence-corrected chi connectivity index (χ1v) is 11.0. The standard InChI is InChI=1S/C23H18ClN3O3S/c1-2-13-27(22-12-4-3-11-21(22)24)31(29,30)20-10-6-8-18(15-20)23(28)26-19-9-5-7-17(14-19)16-25/h2-12,14-15H,1,13H2,(H,26,28). The van der Waals surface area contributed by atoms with Crippen LogP contribution in [0.15, 0.2) is 90.3 Å². The van der Waals surface area contributed by atoms with E-state index < -0.39 is 15.9 Å². The van der Waals surface area contributed by atoms with Crippen molar-refractivity contribution >= 4 is 38.9 Å². The Bertz CT molecular complexity index is 1280. The highest BCUT2D eigenvalue weighted by atomic mass is 35.5. The average Bonchev–Trinajstić information content (AvgIpc) is 2.78. The summed E-state index contributed by atoms with van der Waals surface area (Å²) in [5, 5.41) is 11.9. The molecule has 0 aliphatic carbocycles. The summed E-state index contributed by atoms with van der Waals surface area (Å²) in [6.45, 7) is 3.64. The molecule has 156 valence electrons. The SMILES string of the molecule is C=CCN(c1ccccc1Cl)S(=O)(=O)c1cccc(C(=O)Nc2cccc(C#N)c2)c1. The number of rotatable bonds is 7. The summed E-state index contributed by atoms with van der Waals surface area (Å²) in [7, 11) is -4.02. The highest BCUT2D eigenvalue weighted by Gasteiger charge is 2.26. The highest BCUT2D eigenvalue weighted by Crippen LogP contribution is 2.30. The van der Waals surface area contributed by atoms with E-state index in [1.807, 2.05) is 6.07 Å². The molecule has 1 amide bonds. The van der Waals surface area contributed by atoms with Crippen molar-refractivity contribution in [2.45, 2.75) is 4.90 Å². The van der Waals surface area contributed by atoms with Gasteiger partial charge in [0.1, 0.15) is 0 Å². The quantitative estimate of drug-likeness (QED) is 0.520. The monoisotopic (exact) mass is 451 g/mol. The predicted octanol–water partition coefficient (Wildman–Crippen LogP) is 4.85. The number of hydrogen-bond donors (Lipinski definition) is 1. The number of nitriles is 1. The molecule has 0 spiro atoms. The van der Waals surface area contributed by atoms with E-state index in [1.54, 1.807) is 42.5 Å². The lowest BCUT2D eigenvalue weighted by atomic mass is 10.2. The minimum atomic E-state index is -4.02. The fourth-order valence-corrected chi connectivity index (χ4v) is 4.68. The summed E-state index contributed by atoms with van der Waals surface area (Å²) in [5.74, 6) is -0.500. The topological polar surface area (TPSA) is 90.3 Å². The normalized spacial score (nSPS) is 10.7. The van der Waals surface area contributed by atoms with Gasteiger partial charge in [-0.25, -0.2) is 8.42 Å². The minimum absolute atomic E-state index is 0.00342. The lowest BCUT2D eigenvalue weighted by Crippen LogP contribution is -2.31. The van der Waals surface area contributed by atoms with Gasteiger partial charge in [-0.05, 0) is 48.5 Å². The van der Waals surface area contributed by atoms with E-state index in [4.69, 9.17) is 16.9 Å². The van der Waals surface area contributed by atoms with E-state index in [1.165, 1.54) is 36.4 Å². The summed E-state index contributed by atoms with van der Waals surface area (Å²) < 4.78 is 27.8. The van der Waals surface area contributed by atoms with Gasteiger partial charge in [-0.2, -0.15) is 5.26 Å². The third-order valence-electron chi connectivity index (χ3n) is 4.35. The molecule has 3 aromatic rings. The van der Waals surface area contributed by atoms with Crippen molar-refractivity contribution in [2.24, 2.45) is 0 Å². The highest BCUT2D eigenvalue weighted by molar-refractivity contribution is 7.92. The third-order valence-corrected chi connectivity index (χ3v) is 6.45. The molecule has 0 bridgehead atoms. The zero-order valence-corrected chi connectivity index (χ0v) is 17.9. The fourth-order valence-electron chi connectivity index (χ4n) is 2.89. The third kappa shape index (κ3) is 4.94. The van der Waals surface area contributed by atoms with Gasteiger partial charge < -0.3 is 5.32 Å². The number of carbonyl (C=O) groups is 1. The molecule has 0 radical (unpaired) electrons. The maximum absolute atomic E-state index is 13.3. The molecular formula is C23H18ClN3O3S. The van der Waals surface area contributed by atoms with Crippen molar-refractivity contribution in [1.29, 1.82) is 5.26 Å². The zero-order chi connectivity index (χ0) is 22.4. The average molecular weight is 452 g/mol. The molecule has 3 aromatic carbocycles.